The van der Waals surface area contributed by atoms with Crippen LogP contribution in [0.3, 0.4) is 0 Å². The van der Waals surface area contributed by atoms with Crippen LogP contribution in [0.2, 0.25) is 0 Å². The Morgan fingerprint density at radius 2 is 1.73 bits per heavy atom. The van der Waals surface area contributed by atoms with Crippen molar-refractivity contribution in [3.8, 4) is 11.3 Å². The summed E-state index contributed by atoms with van der Waals surface area (Å²) < 4.78 is 13.3. The molecule has 9 heteroatoms. The van der Waals surface area contributed by atoms with Crippen LogP contribution < -0.4 is 0 Å². The molecule has 49 heavy (non-hydrogen) atoms. The molecule has 0 saturated heterocycles. The predicted molar refractivity (Wildman–Crippen MR) is 193 cm³/mol. The maximum Gasteiger partial charge on any atom is 0.315 e. The number of aryl methyl sites for hydroxylation is 3. The van der Waals surface area contributed by atoms with Crippen LogP contribution >= 0.6 is 11.3 Å². The van der Waals surface area contributed by atoms with E-state index in [9.17, 15) is 9.59 Å². The molecule has 0 spiro atoms. The Balaban J connectivity index is 1.31. The van der Waals surface area contributed by atoms with Crippen LogP contribution in [0.15, 0.2) is 78.6 Å². The molecular formula is C40H46N4O4S. The molecule has 0 aliphatic heterocycles. The summed E-state index contributed by atoms with van der Waals surface area (Å²) in [5.74, 6) is -1.09. The lowest BCUT2D eigenvalue weighted by Crippen LogP contribution is -2.19. The second kappa shape index (κ2) is 16.2. The first-order chi connectivity index (χ1) is 23.5. The van der Waals surface area contributed by atoms with E-state index in [1.165, 1.54) is 22.3 Å². The molecule has 3 heterocycles. The highest BCUT2D eigenvalue weighted by Gasteiger charge is 2.28. The Morgan fingerprint density at radius 1 is 0.980 bits per heavy atom. The number of aromatic nitrogens is 4. The molecule has 8 nitrogen and oxygen atoms in total. The standard InChI is InChI=1S/C40H46N4O4S/c1-8-10-37(45)47-23-32-11-9-18-41-38(32)29(6)40(46)48-30(7)33-20-42-44(21-33)22-35(34-19-26(3)12-15-27(34)4)28(5)39-43-36(24-49-39)31-16-13-25(2)14-17-31/h9,11-21,24,28-30,35H,8,10,22-23H2,1-7H3/t28-,29?,30?,35?/m1/s1. The number of ether oxygens (including phenoxy) is 2. The smallest absolute Gasteiger partial charge is 0.315 e. The highest BCUT2D eigenvalue weighted by atomic mass is 32.1. The number of carbonyl (C=O) groups is 2. The second-order valence-electron chi connectivity index (χ2n) is 12.9. The summed E-state index contributed by atoms with van der Waals surface area (Å²) in [4.78, 5) is 34.8. The van der Waals surface area contributed by atoms with Crippen molar-refractivity contribution >= 4 is 23.3 Å². The van der Waals surface area contributed by atoms with Crippen molar-refractivity contribution in [3.05, 3.63) is 123 Å². The van der Waals surface area contributed by atoms with E-state index in [-0.39, 0.29) is 24.4 Å². The highest BCUT2D eigenvalue weighted by Crippen LogP contribution is 2.39. The van der Waals surface area contributed by atoms with E-state index in [1.807, 2.05) is 30.8 Å². The number of nitrogens with zero attached hydrogens (tertiary/aromatic N) is 4. The minimum atomic E-state index is -0.642. The van der Waals surface area contributed by atoms with Gasteiger partial charge in [-0.1, -0.05) is 73.5 Å². The van der Waals surface area contributed by atoms with E-state index in [0.717, 1.165) is 21.8 Å². The van der Waals surface area contributed by atoms with E-state index in [4.69, 9.17) is 19.6 Å². The van der Waals surface area contributed by atoms with Gasteiger partial charge in [0.2, 0.25) is 0 Å². The van der Waals surface area contributed by atoms with Gasteiger partial charge in [-0.05, 0) is 58.2 Å². The number of benzene rings is 2. The molecule has 0 fully saturated rings. The Hall–Kier alpha value is -4.63. The predicted octanol–water partition coefficient (Wildman–Crippen LogP) is 9.17. The van der Waals surface area contributed by atoms with Crippen LogP contribution in [0.1, 0.15) is 108 Å². The second-order valence-corrected chi connectivity index (χ2v) is 13.8. The molecule has 0 saturated carbocycles. The van der Waals surface area contributed by atoms with E-state index < -0.39 is 18.0 Å². The van der Waals surface area contributed by atoms with Crippen LogP contribution in [0.25, 0.3) is 11.3 Å². The van der Waals surface area contributed by atoms with E-state index in [0.29, 0.717) is 30.6 Å². The van der Waals surface area contributed by atoms with E-state index in [1.54, 1.807) is 36.7 Å². The number of rotatable bonds is 14. The van der Waals surface area contributed by atoms with Gasteiger partial charge in [0.1, 0.15) is 12.7 Å². The third-order valence-electron chi connectivity index (χ3n) is 9.03. The Bertz CT molecular complexity index is 1880. The van der Waals surface area contributed by atoms with Crippen molar-refractivity contribution < 1.29 is 19.1 Å². The number of esters is 2. The van der Waals surface area contributed by atoms with Crippen LogP contribution in [0.5, 0.6) is 0 Å². The van der Waals surface area contributed by atoms with Gasteiger partial charge in [-0.25, -0.2) is 4.98 Å². The fourth-order valence-electron chi connectivity index (χ4n) is 5.96. The molecule has 5 aromatic rings. The summed E-state index contributed by atoms with van der Waals surface area (Å²) in [5.41, 5.74) is 9.09. The van der Waals surface area contributed by atoms with Gasteiger partial charge >= 0.3 is 11.9 Å². The zero-order chi connectivity index (χ0) is 35.1. The number of carbonyl (C=O) groups excluding carboxylic acids is 2. The van der Waals surface area contributed by atoms with Gasteiger partial charge in [0.05, 0.1) is 28.5 Å². The summed E-state index contributed by atoms with van der Waals surface area (Å²) >= 11 is 1.70. The SMILES string of the molecule is CCCC(=O)OCc1cccnc1C(C)C(=O)OC(C)c1cnn(CC(c2cc(C)ccc2C)[C@@H](C)c2nc(-c3ccc(C)cc3)cs2)c1. The maximum atomic E-state index is 13.3. The van der Waals surface area contributed by atoms with Crippen LogP contribution in [0.4, 0.5) is 0 Å². The molecule has 3 aromatic heterocycles. The molecule has 0 bridgehead atoms. The summed E-state index contributed by atoms with van der Waals surface area (Å²) in [5, 5.41) is 7.95. The first-order valence-electron chi connectivity index (χ1n) is 17.0. The van der Waals surface area contributed by atoms with Crippen LogP contribution in [0, 0.1) is 20.8 Å². The first-order valence-corrected chi connectivity index (χ1v) is 17.8. The van der Waals surface area contributed by atoms with Crippen molar-refractivity contribution in [3.63, 3.8) is 0 Å². The normalized spacial score (nSPS) is 13.8. The van der Waals surface area contributed by atoms with Crippen molar-refractivity contribution in [1.82, 2.24) is 19.7 Å². The largest absolute Gasteiger partial charge is 0.461 e. The zero-order valence-corrected chi connectivity index (χ0v) is 30.3. The third-order valence-corrected chi connectivity index (χ3v) is 10.1. The lowest BCUT2D eigenvalue weighted by atomic mass is 9.84. The van der Waals surface area contributed by atoms with Crippen molar-refractivity contribution in [2.75, 3.05) is 0 Å². The highest BCUT2D eigenvalue weighted by molar-refractivity contribution is 7.10. The van der Waals surface area contributed by atoms with Crippen LogP contribution in [-0.2, 0) is 32.2 Å². The van der Waals surface area contributed by atoms with Crippen molar-refractivity contribution in [2.45, 2.75) is 98.3 Å². The molecule has 0 amide bonds. The molecule has 5 rings (SSSR count). The Kier molecular flexibility index (Phi) is 11.8. The molecule has 3 unspecified atom stereocenters. The zero-order valence-electron chi connectivity index (χ0n) is 29.5. The quantitative estimate of drug-likeness (QED) is 0.108. The van der Waals surface area contributed by atoms with Gasteiger partial charge < -0.3 is 9.47 Å². The minimum absolute atomic E-state index is 0.0657. The fraction of sp³-hybridized carbons (Fsp3) is 0.375. The average Bonchev–Trinajstić information content (AvgIpc) is 3.78. The topological polar surface area (TPSA) is 96.2 Å². The average molecular weight is 679 g/mol. The lowest BCUT2D eigenvalue weighted by molar-refractivity contribution is -0.150. The molecule has 0 aliphatic rings. The number of hydrogen-bond acceptors (Lipinski definition) is 8. The van der Waals surface area contributed by atoms with Crippen LogP contribution in [-0.4, -0.2) is 31.7 Å². The Labute approximate surface area is 293 Å². The number of pyridine rings is 1. The molecule has 0 aliphatic carbocycles. The Morgan fingerprint density at radius 3 is 2.49 bits per heavy atom. The van der Waals surface area contributed by atoms with Gasteiger partial charge in [0, 0.05) is 59.3 Å². The maximum absolute atomic E-state index is 13.3. The summed E-state index contributed by atoms with van der Waals surface area (Å²) in [6, 6.07) is 18.7. The molecular weight excluding hydrogens is 633 g/mol. The van der Waals surface area contributed by atoms with Crippen molar-refractivity contribution in [1.29, 1.82) is 0 Å². The van der Waals surface area contributed by atoms with Gasteiger partial charge in [0.15, 0.2) is 0 Å². The van der Waals surface area contributed by atoms with Gasteiger partial charge in [-0.3, -0.25) is 19.3 Å². The summed E-state index contributed by atoms with van der Waals surface area (Å²) in [6.07, 6.45) is 5.90. The minimum Gasteiger partial charge on any atom is -0.461 e. The van der Waals surface area contributed by atoms with E-state index in [2.05, 4.69) is 80.5 Å². The summed E-state index contributed by atoms with van der Waals surface area (Å²) in [7, 11) is 0. The molecule has 2 aromatic carbocycles. The van der Waals surface area contributed by atoms with Gasteiger partial charge in [-0.15, -0.1) is 11.3 Å². The van der Waals surface area contributed by atoms with E-state index >= 15 is 0 Å². The van der Waals surface area contributed by atoms with Crippen molar-refractivity contribution in [2.24, 2.45) is 0 Å². The first kappa shape index (κ1) is 35.7. The number of hydrogen-bond donors (Lipinski definition) is 0. The molecule has 0 radical (unpaired) electrons. The fourth-order valence-corrected chi connectivity index (χ4v) is 6.91. The van der Waals surface area contributed by atoms with Gasteiger partial charge in [0.25, 0.3) is 0 Å². The summed E-state index contributed by atoms with van der Waals surface area (Å²) in [6.45, 7) is 14.9. The van der Waals surface area contributed by atoms with Gasteiger partial charge in [-0.2, -0.15) is 5.10 Å². The number of thiazole rings is 1. The molecule has 256 valence electrons. The molecule has 4 atom stereocenters. The monoisotopic (exact) mass is 678 g/mol. The molecule has 0 N–H and O–H groups in total. The third kappa shape index (κ3) is 8.89. The lowest BCUT2D eigenvalue weighted by Gasteiger charge is -2.25.